The van der Waals surface area contributed by atoms with Gasteiger partial charge in [-0.3, -0.25) is 0 Å². The van der Waals surface area contributed by atoms with Crippen LogP contribution in [0, 0.1) is 0 Å². The van der Waals surface area contributed by atoms with E-state index in [1.807, 2.05) is 119 Å². The Labute approximate surface area is 371 Å². The molecule has 0 unspecified atom stereocenters. The molecule has 0 N–H and O–H groups in total. The first-order chi connectivity index (χ1) is 29.0. The van der Waals surface area contributed by atoms with Crippen LogP contribution < -0.4 is 23.7 Å². The van der Waals surface area contributed by atoms with Crippen molar-refractivity contribution in [3.63, 3.8) is 0 Å². The van der Waals surface area contributed by atoms with Gasteiger partial charge in [-0.15, -0.1) is 0 Å². The smallest absolute Gasteiger partial charge is 0.489 e. The number of rotatable bonds is 12. The average molecular weight is 907 g/mol. The molecule has 0 fully saturated rings. The molecule has 0 aromatic heterocycles. The summed E-state index contributed by atoms with van der Waals surface area (Å²) in [6, 6.07) is 33.6. The maximum atomic E-state index is 14.7. The van der Waals surface area contributed by atoms with E-state index in [9.17, 15) is 21.6 Å². The van der Waals surface area contributed by atoms with Gasteiger partial charge in [-0.1, -0.05) is 48.5 Å². The van der Waals surface area contributed by atoms with Gasteiger partial charge in [0.05, 0.1) is 0 Å². The predicted octanol–water partition coefficient (Wildman–Crippen LogP) is 14.3. The van der Waals surface area contributed by atoms with E-state index in [4.69, 9.17) is 27.3 Å². The fourth-order valence-corrected chi connectivity index (χ4v) is 11.5. The molecular weight excluding hydrogens is 850 g/mol. The van der Waals surface area contributed by atoms with Crippen LogP contribution in [0.25, 0.3) is 21.5 Å². The second-order valence-electron chi connectivity index (χ2n) is 19.2. The third kappa shape index (κ3) is 11.3. The van der Waals surface area contributed by atoms with Crippen LogP contribution in [-0.4, -0.2) is 36.3 Å². The molecule has 0 atom stereocenters. The SMILES string of the molecule is CC(C)(C)Oc1ccc(S(OS(=O)(=O)C(F)(F)F)(c2ccc(OCc3cc4ccccc4c4ccccc34)cc2)c2ccc(OC(C)(C)C)c(OC(C)(C)C)c2)cc1OC(C)(C)C. The normalized spacial score (nSPS) is 13.5. The molecule has 0 spiro atoms. The van der Waals surface area contributed by atoms with Crippen molar-refractivity contribution in [3.8, 4) is 28.7 Å². The number of benzene rings is 6. The first-order valence-electron chi connectivity index (χ1n) is 20.6. The molecule has 6 aromatic rings. The summed E-state index contributed by atoms with van der Waals surface area (Å²) < 4.78 is 109. The van der Waals surface area contributed by atoms with Crippen molar-refractivity contribution in [1.29, 1.82) is 0 Å². The van der Waals surface area contributed by atoms with Crippen molar-refractivity contribution in [2.75, 3.05) is 0 Å². The number of hydrogen-bond acceptors (Lipinski definition) is 8. The topological polar surface area (TPSA) is 89.5 Å². The molecule has 6 aromatic carbocycles. The van der Waals surface area contributed by atoms with Gasteiger partial charge >= 0.3 is 15.6 Å². The van der Waals surface area contributed by atoms with Gasteiger partial charge in [-0.2, -0.15) is 25.2 Å². The molecule has 0 bridgehead atoms. The zero-order valence-electron chi connectivity index (χ0n) is 37.9. The molecule has 0 amide bonds. The van der Waals surface area contributed by atoms with Gasteiger partial charge in [0.1, 0.15) is 34.8 Å². The van der Waals surface area contributed by atoms with E-state index in [1.54, 1.807) is 24.3 Å². The van der Waals surface area contributed by atoms with E-state index >= 15 is 0 Å². The second kappa shape index (κ2) is 17.1. The molecule has 0 radical (unpaired) electrons. The Morgan fingerprint density at radius 1 is 0.460 bits per heavy atom. The van der Waals surface area contributed by atoms with E-state index in [2.05, 4.69) is 18.2 Å². The summed E-state index contributed by atoms with van der Waals surface area (Å²) in [5.41, 5.74) is -7.87. The minimum atomic E-state index is -6.31. The van der Waals surface area contributed by atoms with Crippen LogP contribution in [0.5, 0.6) is 28.7 Å². The molecule has 0 aliphatic heterocycles. The summed E-state index contributed by atoms with van der Waals surface area (Å²) in [6.07, 6.45) is 0. The van der Waals surface area contributed by atoms with E-state index in [0.717, 1.165) is 27.1 Å². The summed E-state index contributed by atoms with van der Waals surface area (Å²) in [5, 5.41) is 4.24. The van der Waals surface area contributed by atoms with Crippen molar-refractivity contribution >= 4 is 42.0 Å². The molecule has 6 rings (SSSR count). The van der Waals surface area contributed by atoms with Gasteiger partial charge in [-0.25, -0.2) is 0 Å². The average Bonchev–Trinajstić information content (AvgIpc) is 3.15. The molecule has 338 valence electrons. The highest BCUT2D eigenvalue weighted by Crippen LogP contribution is 2.72. The lowest BCUT2D eigenvalue weighted by Crippen LogP contribution is -2.28. The fourth-order valence-electron chi connectivity index (χ4n) is 6.82. The Balaban J connectivity index is 1.60. The quantitative estimate of drug-likeness (QED) is 0.0886. The van der Waals surface area contributed by atoms with Crippen LogP contribution in [0.15, 0.2) is 130 Å². The van der Waals surface area contributed by atoms with Crippen LogP contribution in [-0.2, 0) is 20.4 Å². The summed E-state index contributed by atoms with van der Waals surface area (Å²) in [4.78, 5) is 0.243. The zero-order valence-corrected chi connectivity index (χ0v) is 39.5. The molecule has 0 heterocycles. The molecule has 0 aliphatic carbocycles. The third-order valence-corrected chi connectivity index (χ3v) is 13.9. The van der Waals surface area contributed by atoms with Crippen LogP contribution in [0.4, 0.5) is 13.2 Å². The summed E-state index contributed by atoms with van der Waals surface area (Å²) in [5.74, 6) is 1.31. The number of fused-ring (bicyclic) bond motifs is 3. The van der Waals surface area contributed by atoms with Crippen LogP contribution in [0.3, 0.4) is 0 Å². The molecule has 0 saturated carbocycles. The molecule has 13 heteroatoms. The lowest BCUT2D eigenvalue weighted by Gasteiger charge is -2.40. The Bertz CT molecular complexity index is 2620. The maximum absolute atomic E-state index is 14.7. The lowest BCUT2D eigenvalue weighted by atomic mass is 9.98. The number of alkyl halides is 3. The van der Waals surface area contributed by atoms with Crippen molar-refractivity contribution in [3.05, 3.63) is 121 Å². The maximum Gasteiger partial charge on any atom is 0.524 e. The Morgan fingerprint density at radius 3 is 1.33 bits per heavy atom. The summed E-state index contributed by atoms with van der Waals surface area (Å²) in [6.45, 7) is 22.1. The molecular formula is C50H57F3O8S2. The van der Waals surface area contributed by atoms with Crippen LogP contribution in [0.2, 0.25) is 0 Å². The fraction of sp³-hybridized carbons (Fsp3) is 0.360. The monoisotopic (exact) mass is 906 g/mol. The van der Waals surface area contributed by atoms with Gasteiger partial charge < -0.3 is 23.7 Å². The van der Waals surface area contributed by atoms with E-state index in [1.165, 1.54) is 36.4 Å². The van der Waals surface area contributed by atoms with Crippen molar-refractivity contribution in [2.24, 2.45) is 0 Å². The van der Waals surface area contributed by atoms with Gasteiger partial charge in [0.15, 0.2) is 23.0 Å². The highest BCUT2D eigenvalue weighted by atomic mass is 32.3. The summed E-state index contributed by atoms with van der Waals surface area (Å²) >= 11 is 0. The number of ether oxygens (including phenoxy) is 5. The molecule has 8 nitrogen and oxygen atoms in total. The van der Waals surface area contributed by atoms with Crippen molar-refractivity contribution < 1.29 is 48.9 Å². The zero-order chi connectivity index (χ0) is 46.4. The van der Waals surface area contributed by atoms with Crippen molar-refractivity contribution in [2.45, 2.75) is 132 Å². The van der Waals surface area contributed by atoms with Gasteiger partial charge in [0.25, 0.3) is 0 Å². The Hall–Kier alpha value is -5.11. The largest absolute Gasteiger partial charge is 0.524 e. The lowest BCUT2D eigenvalue weighted by molar-refractivity contribution is -0.0496. The first-order valence-corrected chi connectivity index (χ1v) is 23.5. The predicted molar refractivity (Wildman–Crippen MR) is 245 cm³/mol. The standard InChI is InChI=1S/C50H57F3O8S2/c1-46(2,3)57-42-27-25-37(30-44(42)59-48(7,8)9)62(61-63(54,55)50(51,52)53,38-26-28-43(58-47(4,5)6)45(31-38)60-49(10,11)12)36-23-21-35(22-24-36)56-32-34-29-33-17-13-14-18-39(33)41-20-16-15-19-40(34)41/h13-31H,32H2,1-12H3. The number of hydrogen-bond donors (Lipinski definition) is 0. The Morgan fingerprint density at radius 2 is 0.873 bits per heavy atom. The van der Waals surface area contributed by atoms with E-state index in [-0.39, 0.29) is 32.8 Å². The minimum Gasteiger partial charge on any atom is -0.489 e. The van der Waals surface area contributed by atoms with Gasteiger partial charge in [0, 0.05) is 14.7 Å². The molecule has 0 saturated heterocycles. The third-order valence-electron chi connectivity index (χ3n) is 9.04. The number of halogens is 3. The van der Waals surface area contributed by atoms with E-state index in [0.29, 0.717) is 17.2 Å². The first kappa shape index (κ1) is 47.4. The highest BCUT2D eigenvalue weighted by molar-refractivity contribution is 8.33. The minimum absolute atomic E-state index is 0.0679. The van der Waals surface area contributed by atoms with Crippen LogP contribution in [0.1, 0.15) is 88.6 Å². The molecule has 63 heavy (non-hydrogen) atoms. The van der Waals surface area contributed by atoms with Gasteiger partial charge in [-0.05, 0) is 187 Å². The van der Waals surface area contributed by atoms with Gasteiger partial charge in [0.2, 0.25) is 0 Å². The van der Waals surface area contributed by atoms with Crippen LogP contribution >= 0.6 is 10.3 Å². The second-order valence-corrected chi connectivity index (χ2v) is 23.6. The highest BCUT2D eigenvalue weighted by Gasteiger charge is 2.53. The summed E-state index contributed by atoms with van der Waals surface area (Å²) in [7, 11) is -10.2. The Kier molecular flexibility index (Phi) is 12.9. The van der Waals surface area contributed by atoms with E-state index < -0.39 is 48.3 Å². The van der Waals surface area contributed by atoms with Crippen molar-refractivity contribution in [1.82, 2.24) is 0 Å². The molecule has 0 aliphatic rings.